The molecule has 1 fully saturated rings. The molecule has 0 radical (unpaired) electrons. The molecule has 3 nitrogen and oxygen atoms in total. The SMILES string of the molecule is Cc1nccnc1C(C)NCC1(C)CCCCC1. The predicted molar refractivity (Wildman–Crippen MR) is 74.4 cm³/mol. The molecular formula is C15H25N3. The first-order valence-corrected chi connectivity index (χ1v) is 7.12. The Morgan fingerprint density at radius 2 is 1.89 bits per heavy atom. The van der Waals surface area contributed by atoms with E-state index < -0.39 is 0 Å². The highest BCUT2D eigenvalue weighted by Gasteiger charge is 2.27. The second-order valence-corrected chi connectivity index (χ2v) is 6.00. The van der Waals surface area contributed by atoms with E-state index in [4.69, 9.17) is 0 Å². The van der Waals surface area contributed by atoms with Crippen molar-refractivity contribution in [2.75, 3.05) is 6.54 Å². The third kappa shape index (κ3) is 3.29. The molecule has 0 saturated heterocycles. The Balaban J connectivity index is 1.92. The van der Waals surface area contributed by atoms with Crippen LogP contribution in [-0.2, 0) is 0 Å². The van der Waals surface area contributed by atoms with Gasteiger partial charge in [-0.15, -0.1) is 0 Å². The van der Waals surface area contributed by atoms with Gasteiger partial charge in [0.1, 0.15) is 0 Å². The standard InChI is InChI=1S/C15H25N3/c1-12-14(17-10-9-16-12)13(2)18-11-15(3)7-5-4-6-8-15/h9-10,13,18H,4-8,11H2,1-3H3. The van der Waals surface area contributed by atoms with E-state index in [0.29, 0.717) is 5.41 Å². The highest BCUT2D eigenvalue weighted by molar-refractivity contribution is 5.12. The Bertz CT molecular complexity index is 383. The molecule has 0 aliphatic heterocycles. The largest absolute Gasteiger partial charge is 0.308 e. The van der Waals surface area contributed by atoms with E-state index in [1.54, 1.807) is 12.4 Å². The summed E-state index contributed by atoms with van der Waals surface area (Å²) in [7, 11) is 0. The summed E-state index contributed by atoms with van der Waals surface area (Å²) < 4.78 is 0. The van der Waals surface area contributed by atoms with E-state index in [1.165, 1.54) is 32.1 Å². The van der Waals surface area contributed by atoms with Gasteiger partial charge in [-0.1, -0.05) is 26.2 Å². The molecule has 1 heterocycles. The summed E-state index contributed by atoms with van der Waals surface area (Å²) in [5.74, 6) is 0. The van der Waals surface area contributed by atoms with Crippen LogP contribution < -0.4 is 5.32 Å². The van der Waals surface area contributed by atoms with Gasteiger partial charge >= 0.3 is 0 Å². The predicted octanol–water partition coefficient (Wildman–Crippen LogP) is 3.41. The number of nitrogens with zero attached hydrogens (tertiary/aromatic N) is 2. The van der Waals surface area contributed by atoms with Crippen molar-refractivity contribution in [3.63, 3.8) is 0 Å². The minimum atomic E-state index is 0.289. The molecule has 0 spiro atoms. The molecule has 1 atom stereocenters. The molecule has 18 heavy (non-hydrogen) atoms. The maximum absolute atomic E-state index is 4.44. The number of hydrogen-bond donors (Lipinski definition) is 1. The van der Waals surface area contributed by atoms with Crippen LogP contribution in [0.2, 0.25) is 0 Å². The Kier molecular flexibility index (Phi) is 4.33. The molecule has 3 heteroatoms. The Labute approximate surface area is 110 Å². The number of nitrogens with one attached hydrogen (secondary N) is 1. The zero-order chi connectivity index (χ0) is 13.0. The van der Waals surface area contributed by atoms with Crippen LogP contribution in [-0.4, -0.2) is 16.5 Å². The maximum atomic E-state index is 4.44. The molecule has 0 bridgehead atoms. The summed E-state index contributed by atoms with van der Waals surface area (Å²) in [6.07, 6.45) is 10.4. The molecule has 2 rings (SSSR count). The Hall–Kier alpha value is -0.960. The van der Waals surface area contributed by atoms with Crippen molar-refractivity contribution in [1.82, 2.24) is 15.3 Å². The van der Waals surface area contributed by atoms with Crippen LogP contribution >= 0.6 is 0 Å². The zero-order valence-electron chi connectivity index (χ0n) is 11.9. The highest BCUT2D eigenvalue weighted by atomic mass is 15.0. The monoisotopic (exact) mass is 247 g/mol. The molecule has 1 aliphatic rings. The van der Waals surface area contributed by atoms with Crippen molar-refractivity contribution in [2.45, 2.75) is 58.9 Å². The normalized spacial score (nSPS) is 20.6. The van der Waals surface area contributed by atoms with Crippen LogP contribution in [0.1, 0.15) is 63.4 Å². The molecule has 1 saturated carbocycles. The van der Waals surface area contributed by atoms with Crippen molar-refractivity contribution < 1.29 is 0 Å². The maximum Gasteiger partial charge on any atom is 0.0782 e. The van der Waals surface area contributed by atoms with E-state index in [9.17, 15) is 0 Å². The fourth-order valence-corrected chi connectivity index (χ4v) is 2.92. The van der Waals surface area contributed by atoms with Crippen LogP contribution in [0.25, 0.3) is 0 Å². The van der Waals surface area contributed by atoms with E-state index in [2.05, 4.69) is 29.1 Å². The van der Waals surface area contributed by atoms with Crippen LogP contribution in [0.3, 0.4) is 0 Å². The lowest BCUT2D eigenvalue weighted by atomic mass is 9.75. The summed E-state index contributed by atoms with van der Waals surface area (Å²) in [5.41, 5.74) is 2.59. The average Bonchev–Trinajstić information content (AvgIpc) is 2.38. The first-order valence-electron chi connectivity index (χ1n) is 7.12. The topological polar surface area (TPSA) is 37.8 Å². The molecule has 0 amide bonds. The summed E-state index contributed by atoms with van der Waals surface area (Å²) in [5, 5.41) is 3.65. The number of rotatable bonds is 4. The van der Waals surface area contributed by atoms with Crippen LogP contribution in [0, 0.1) is 12.3 Å². The minimum Gasteiger partial charge on any atom is -0.308 e. The lowest BCUT2D eigenvalue weighted by Gasteiger charge is -2.34. The van der Waals surface area contributed by atoms with Gasteiger partial charge in [-0.05, 0) is 32.1 Å². The minimum absolute atomic E-state index is 0.289. The van der Waals surface area contributed by atoms with Crippen molar-refractivity contribution in [2.24, 2.45) is 5.41 Å². The van der Waals surface area contributed by atoms with Crippen LogP contribution in [0.4, 0.5) is 0 Å². The van der Waals surface area contributed by atoms with E-state index in [-0.39, 0.29) is 6.04 Å². The Morgan fingerprint density at radius 1 is 1.22 bits per heavy atom. The van der Waals surface area contributed by atoms with Gasteiger partial charge in [-0.3, -0.25) is 9.97 Å². The molecular weight excluding hydrogens is 222 g/mol. The first kappa shape index (κ1) is 13.5. The highest BCUT2D eigenvalue weighted by Crippen LogP contribution is 2.35. The molecule has 1 unspecified atom stereocenters. The summed E-state index contributed by atoms with van der Waals surface area (Å²) in [6, 6.07) is 0.289. The molecule has 0 aromatic carbocycles. The third-order valence-corrected chi connectivity index (χ3v) is 4.23. The third-order valence-electron chi connectivity index (χ3n) is 4.23. The smallest absolute Gasteiger partial charge is 0.0782 e. The molecule has 1 N–H and O–H groups in total. The van der Waals surface area contributed by atoms with Gasteiger partial charge in [-0.25, -0.2) is 0 Å². The van der Waals surface area contributed by atoms with Gasteiger partial charge in [-0.2, -0.15) is 0 Å². The van der Waals surface area contributed by atoms with Gasteiger partial charge in [0.05, 0.1) is 11.4 Å². The molecule has 1 aromatic rings. The van der Waals surface area contributed by atoms with E-state index in [1.807, 2.05) is 6.92 Å². The molecule has 1 aliphatic carbocycles. The summed E-state index contributed by atoms with van der Waals surface area (Å²) in [4.78, 5) is 8.75. The van der Waals surface area contributed by atoms with Gasteiger partial charge in [0.25, 0.3) is 0 Å². The average molecular weight is 247 g/mol. The zero-order valence-corrected chi connectivity index (χ0v) is 11.9. The quantitative estimate of drug-likeness (QED) is 0.886. The van der Waals surface area contributed by atoms with Crippen LogP contribution in [0.5, 0.6) is 0 Å². The van der Waals surface area contributed by atoms with E-state index >= 15 is 0 Å². The molecule has 100 valence electrons. The Morgan fingerprint density at radius 3 is 2.56 bits per heavy atom. The van der Waals surface area contributed by atoms with Crippen LogP contribution in [0.15, 0.2) is 12.4 Å². The van der Waals surface area contributed by atoms with Crippen molar-refractivity contribution >= 4 is 0 Å². The van der Waals surface area contributed by atoms with Gasteiger partial charge in [0, 0.05) is 25.0 Å². The van der Waals surface area contributed by atoms with Gasteiger partial charge in [0.2, 0.25) is 0 Å². The number of aryl methyl sites for hydroxylation is 1. The second-order valence-electron chi connectivity index (χ2n) is 6.00. The number of aromatic nitrogens is 2. The fraction of sp³-hybridized carbons (Fsp3) is 0.733. The van der Waals surface area contributed by atoms with Crippen molar-refractivity contribution in [3.8, 4) is 0 Å². The van der Waals surface area contributed by atoms with Crippen molar-refractivity contribution in [1.29, 1.82) is 0 Å². The fourth-order valence-electron chi connectivity index (χ4n) is 2.92. The van der Waals surface area contributed by atoms with E-state index in [0.717, 1.165) is 17.9 Å². The summed E-state index contributed by atoms with van der Waals surface area (Å²) in [6.45, 7) is 7.71. The van der Waals surface area contributed by atoms with Crippen molar-refractivity contribution in [3.05, 3.63) is 23.8 Å². The van der Waals surface area contributed by atoms with Gasteiger partial charge in [0.15, 0.2) is 0 Å². The van der Waals surface area contributed by atoms with Gasteiger partial charge < -0.3 is 5.32 Å². The molecule has 1 aromatic heterocycles. The second kappa shape index (κ2) is 5.79. The first-order chi connectivity index (χ1) is 8.61. The number of hydrogen-bond acceptors (Lipinski definition) is 3. The lowest BCUT2D eigenvalue weighted by molar-refractivity contribution is 0.201. The lowest BCUT2D eigenvalue weighted by Crippen LogP contribution is -2.35. The summed E-state index contributed by atoms with van der Waals surface area (Å²) >= 11 is 0.